The molecule has 2 rings (SSSR count). The second-order valence-electron chi connectivity index (χ2n) is 4.26. The first-order valence-electron chi connectivity index (χ1n) is 5.99. The predicted molar refractivity (Wildman–Crippen MR) is 97.9 cm³/mol. The van der Waals surface area contributed by atoms with Crippen LogP contribution in [0.3, 0.4) is 0 Å². The van der Waals surface area contributed by atoms with E-state index >= 15 is 0 Å². The van der Waals surface area contributed by atoms with Gasteiger partial charge in [0.15, 0.2) is 12.4 Å². The van der Waals surface area contributed by atoms with Gasteiger partial charge in [0.2, 0.25) is 0 Å². The second kappa shape index (κ2) is 7.77. The van der Waals surface area contributed by atoms with Gasteiger partial charge in [-0.05, 0) is 46.9 Å². The Kier molecular flexibility index (Phi) is 6.26. The van der Waals surface area contributed by atoms with E-state index in [-0.39, 0.29) is 18.0 Å². The van der Waals surface area contributed by atoms with E-state index in [2.05, 4.69) is 15.9 Å². The van der Waals surface area contributed by atoms with Crippen LogP contribution in [-0.2, 0) is 4.74 Å². The van der Waals surface area contributed by atoms with Crippen LogP contribution in [0.2, 0.25) is 10.0 Å². The van der Waals surface area contributed by atoms with Gasteiger partial charge < -0.3 is 4.74 Å². The molecule has 0 amide bonds. The Morgan fingerprint density at radius 2 is 1.77 bits per heavy atom. The zero-order valence-corrected chi connectivity index (χ0v) is 16.2. The number of rotatable bonds is 4. The molecule has 0 N–H and O–H groups in total. The number of hydrogen-bond acceptors (Lipinski definition) is 3. The standard InChI is InChI=1S/C15H8BrCl2IO3/c16-9-3-1-8(2-4-9)13(20)7-22-15(21)11-5-10(17)6-12(18)14(11)19/h1-6H,7H2. The van der Waals surface area contributed by atoms with E-state index in [1.165, 1.54) is 12.1 Å². The minimum absolute atomic E-state index is 0.238. The smallest absolute Gasteiger partial charge is 0.339 e. The number of ketones is 1. The molecule has 2 aromatic carbocycles. The van der Waals surface area contributed by atoms with Crippen molar-refractivity contribution in [3.05, 3.63) is 65.6 Å². The van der Waals surface area contributed by atoms with Crippen LogP contribution < -0.4 is 0 Å². The zero-order chi connectivity index (χ0) is 16.3. The van der Waals surface area contributed by atoms with Gasteiger partial charge in [-0.3, -0.25) is 4.79 Å². The maximum atomic E-state index is 12.1. The maximum absolute atomic E-state index is 12.1. The fourth-order valence-corrected chi connectivity index (χ4v) is 2.92. The van der Waals surface area contributed by atoms with Crippen LogP contribution in [0.4, 0.5) is 0 Å². The van der Waals surface area contributed by atoms with Crippen molar-refractivity contribution in [2.75, 3.05) is 6.61 Å². The molecular formula is C15H8BrCl2IO3. The van der Waals surface area contributed by atoms with Crippen molar-refractivity contribution < 1.29 is 14.3 Å². The highest BCUT2D eigenvalue weighted by atomic mass is 127. The van der Waals surface area contributed by atoms with Crippen molar-refractivity contribution in [1.82, 2.24) is 0 Å². The highest BCUT2D eigenvalue weighted by Crippen LogP contribution is 2.27. The molecule has 22 heavy (non-hydrogen) atoms. The number of hydrogen-bond donors (Lipinski definition) is 0. The molecule has 0 aromatic heterocycles. The lowest BCUT2D eigenvalue weighted by molar-refractivity contribution is 0.0473. The van der Waals surface area contributed by atoms with Crippen LogP contribution in [0.15, 0.2) is 40.9 Å². The molecule has 0 atom stereocenters. The van der Waals surface area contributed by atoms with E-state index in [1.807, 2.05) is 22.6 Å². The van der Waals surface area contributed by atoms with Gasteiger partial charge in [-0.2, -0.15) is 0 Å². The van der Waals surface area contributed by atoms with Gasteiger partial charge in [0.25, 0.3) is 0 Å². The number of ether oxygens (including phenoxy) is 1. The minimum atomic E-state index is -0.640. The quantitative estimate of drug-likeness (QED) is 0.238. The van der Waals surface area contributed by atoms with Gasteiger partial charge in [-0.25, -0.2) is 4.79 Å². The molecule has 3 nitrogen and oxygen atoms in total. The molecule has 0 aliphatic heterocycles. The molecule has 0 aliphatic carbocycles. The predicted octanol–water partition coefficient (Wildman–Crippen LogP) is 5.40. The van der Waals surface area contributed by atoms with Crippen LogP contribution in [0.5, 0.6) is 0 Å². The van der Waals surface area contributed by atoms with Crippen LogP contribution in [0, 0.1) is 3.57 Å². The average molecular weight is 514 g/mol. The summed E-state index contributed by atoms with van der Waals surface area (Å²) in [5.74, 6) is -0.928. The van der Waals surface area contributed by atoms with E-state index in [0.717, 1.165) is 4.47 Å². The minimum Gasteiger partial charge on any atom is -0.454 e. The molecule has 0 radical (unpaired) electrons. The first kappa shape index (κ1) is 17.7. The summed E-state index contributed by atoms with van der Waals surface area (Å²) in [5.41, 5.74) is 0.705. The molecule has 114 valence electrons. The first-order valence-corrected chi connectivity index (χ1v) is 8.61. The molecular weight excluding hydrogens is 506 g/mol. The second-order valence-corrected chi connectivity index (χ2v) is 7.09. The van der Waals surface area contributed by atoms with Crippen LogP contribution in [0.1, 0.15) is 20.7 Å². The lowest BCUT2D eigenvalue weighted by atomic mass is 10.1. The summed E-state index contributed by atoms with van der Waals surface area (Å²) in [6, 6.07) is 9.79. The van der Waals surface area contributed by atoms with Gasteiger partial charge in [0.05, 0.1) is 10.6 Å². The Morgan fingerprint density at radius 3 is 2.41 bits per heavy atom. The Hall–Kier alpha value is -0.630. The molecule has 2 aromatic rings. The fourth-order valence-electron chi connectivity index (χ4n) is 1.63. The lowest BCUT2D eigenvalue weighted by Gasteiger charge is -2.08. The van der Waals surface area contributed by atoms with Crippen molar-refractivity contribution in [3.63, 3.8) is 0 Å². The summed E-state index contributed by atoms with van der Waals surface area (Å²) in [6.07, 6.45) is 0. The Balaban J connectivity index is 2.07. The number of Topliss-reactive ketones (excluding diaryl/α,β-unsaturated/α-hetero) is 1. The molecule has 0 aliphatic rings. The van der Waals surface area contributed by atoms with Crippen molar-refractivity contribution >= 4 is 73.5 Å². The molecule has 0 bridgehead atoms. The van der Waals surface area contributed by atoms with Gasteiger partial charge in [0.1, 0.15) is 0 Å². The number of halogens is 4. The normalized spacial score (nSPS) is 10.4. The van der Waals surface area contributed by atoms with E-state index in [1.54, 1.807) is 24.3 Å². The van der Waals surface area contributed by atoms with Crippen molar-refractivity contribution in [1.29, 1.82) is 0 Å². The summed E-state index contributed by atoms with van der Waals surface area (Å²) in [5, 5.41) is 0.691. The Morgan fingerprint density at radius 1 is 1.14 bits per heavy atom. The third-order valence-corrected chi connectivity index (χ3v) is 5.24. The van der Waals surface area contributed by atoms with E-state index in [9.17, 15) is 9.59 Å². The van der Waals surface area contributed by atoms with Gasteiger partial charge >= 0.3 is 5.97 Å². The van der Waals surface area contributed by atoms with Gasteiger partial charge in [0, 0.05) is 18.6 Å². The van der Waals surface area contributed by atoms with Crippen molar-refractivity contribution in [3.8, 4) is 0 Å². The molecule has 0 saturated carbocycles. The fraction of sp³-hybridized carbons (Fsp3) is 0.0667. The van der Waals surface area contributed by atoms with E-state index in [0.29, 0.717) is 19.2 Å². The first-order chi connectivity index (χ1) is 10.4. The summed E-state index contributed by atoms with van der Waals surface area (Å²) >= 11 is 17.1. The van der Waals surface area contributed by atoms with Gasteiger partial charge in [-0.1, -0.05) is 51.3 Å². The summed E-state index contributed by atoms with van der Waals surface area (Å²) in [6.45, 7) is -0.347. The van der Waals surface area contributed by atoms with Crippen LogP contribution in [0.25, 0.3) is 0 Å². The molecule has 0 saturated heterocycles. The summed E-state index contributed by atoms with van der Waals surface area (Å²) in [7, 11) is 0. The highest BCUT2D eigenvalue weighted by molar-refractivity contribution is 14.1. The lowest BCUT2D eigenvalue weighted by Crippen LogP contribution is -2.15. The number of carbonyl (C=O) groups is 2. The Labute approximate surface area is 159 Å². The summed E-state index contributed by atoms with van der Waals surface area (Å²) < 4.78 is 6.44. The topological polar surface area (TPSA) is 43.4 Å². The monoisotopic (exact) mass is 512 g/mol. The summed E-state index contributed by atoms with van der Waals surface area (Å²) in [4.78, 5) is 24.0. The SMILES string of the molecule is O=C(COC(=O)c1cc(Cl)cc(Cl)c1I)c1ccc(Br)cc1. The van der Waals surface area contributed by atoms with Gasteiger partial charge in [-0.15, -0.1) is 0 Å². The average Bonchev–Trinajstić information content (AvgIpc) is 2.48. The molecule has 0 spiro atoms. The van der Waals surface area contributed by atoms with Crippen LogP contribution >= 0.6 is 61.7 Å². The molecule has 0 fully saturated rings. The number of esters is 1. The van der Waals surface area contributed by atoms with E-state index in [4.69, 9.17) is 27.9 Å². The molecule has 0 heterocycles. The molecule has 0 unspecified atom stereocenters. The largest absolute Gasteiger partial charge is 0.454 e. The van der Waals surface area contributed by atoms with Crippen molar-refractivity contribution in [2.24, 2.45) is 0 Å². The number of carbonyl (C=O) groups excluding carboxylic acids is 2. The maximum Gasteiger partial charge on any atom is 0.339 e. The molecule has 7 heteroatoms. The van der Waals surface area contributed by atoms with Crippen LogP contribution in [-0.4, -0.2) is 18.4 Å². The highest BCUT2D eigenvalue weighted by Gasteiger charge is 2.17. The third-order valence-electron chi connectivity index (χ3n) is 2.71. The zero-order valence-electron chi connectivity index (χ0n) is 10.9. The Bertz CT molecular complexity index is 732. The van der Waals surface area contributed by atoms with Crippen molar-refractivity contribution in [2.45, 2.75) is 0 Å². The van der Waals surface area contributed by atoms with E-state index < -0.39 is 5.97 Å². The third kappa shape index (κ3) is 4.44. The number of benzene rings is 2.